The Morgan fingerprint density at radius 3 is 2.58 bits per heavy atom. The molecule has 0 fully saturated rings. The first-order valence-electron chi connectivity index (χ1n) is 9.65. The Morgan fingerprint density at radius 1 is 0.871 bits per heavy atom. The minimum atomic E-state index is -0.290. The number of hydrogen-bond donors (Lipinski definition) is 1. The molecule has 0 bridgehead atoms. The molecule has 0 unspecified atom stereocenters. The number of hydrogen-bond acceptors (Lipinski definition) is 5. The Labute approximate surface area is 178 Å². The molecule has 5 rings (SSSR count). The van der Waals surface area contributed by atoms with Crippen LogP contribution in [0.5, 0.6) is 11.5 Å². The normalized spacial score (nSPS) is 10.7. The molecule has 7 heteroatoms. The largest absolute Gasteiger partial charge is 0.455 e. The van der Waals surface area contributed by atoms with Gasteiger partial charge in [-0.05, 0) is 48.5 Å². The van der Waals surface area contributed by atoms with E-state index in [2.05, 4.69) is 20.3 Å². The summed E-state index contributed by atoms with van der Waals surface area (Å²) in [5, 5.41) is 2.87. The maximum absolute atomic E-state index is 12.9. The van der Waals surface area contributed by atoms with Crippen LogP contribution in [0.1, 0.15) is 10.4 Å². The fraction of sp³-hybridized carbons (Fsp3) is 0. The first-order valence-corrected chi connectivity index (χ1v) is 9.65. The van der Waals surface area contributed by atoms with Gasteiger partial charge in [0.15, 0.2) is 0 Å². The van der Waals surface area contributed by atoms with Crippen molar-refractivity contribution < 1.29 is 9.53 Å². The summed E-state index contributed by atoms with van der Waals surface area (Å²) in [5.74, 6) is 1.43. The number of imidazole rings is 1. The van der Waals surface area contributed by atoms with Gasteiger partial charge in [-0.1, -0.05) is 24.3 Å². The Bertz CT molecular complexity index is 1350. The molecule has 0 aliphatic heterocycles. The van der Waals surface area contributed by atoms with Gasteiger partial charge in [0.1, 0.15) is 23.6 Å². The van der Waals surface area contributed by atoms with E-state index >= 15 is 0 Å². The molecule has 2 aromatic carbocycles. The van der Waals surface area contributed by atoms with Crippen molar-refractivity contribution in [3.05, 3.63) is 103 Å². The Hall–Kier alpha value is -4.52. The molecule has 0 aliphatic carbocycles. The van der Waals surface area contributed by atoms with E-state index in [1.807, 2.05) is 41.0 Å². The molecule has 0 atom stereocenters. The van der Waals surface area contributed by atoms with Crippen LogP contribution in [0.4, 0.5) is 5.69 Å². The van der Waals surface area contributed by atoms with Crippen molar-refractivity contribution >= 4 is 22.6 Å². The molecule has 0 aliphatic rings. The molecule has 7 nitrogen and oxygen atoms in total. The third-order valence-electron chi connectivity index (χ3n) is 4.70. The van der Waals surface area contributed by atoms with Crippen molar-refractivity contribution in [1.82, 2.24) is 19.5 Å². The molecule has 0 spiro atoms. The number of nitrogens with one attached hydrogen (secondary N) is 1. The molecule has 0 radical (unpaired) electrons. The van der Waals surface area contributed by atoms with E-state index in [4.69, 9.17) is 4.74 Å². The van der Waals surface area contributed by atoms with Crippen molar-refractivity contribution in [2.45, 2.75) is 0 Å². The number of carbonyl (C=O) groups excluding carboxylic acids is 1. The number of amides is 1. The van der Waals surface area contributed by atoms with Crippen molar-refractivity contribution in [1.29, 1.82) is 0 Å². The molecule has 5 aromatic rings. The van der Waals surface area contributed by atoms with E-state index in [1.54, 1.807) is 61.3 Å². The van der Waals surface area contributed by atoms with Crippen LogP contribution in [0.15, 0.2) is 97.7 Å². The number of pyridine rings is 2. The number of ether oxygens (including phenoxy) is 1. The fourth-order valence-electron chi connectivity index (χ4n) is 3.22. The van der Waals surface area contributed by atoms with E-state index in [0.717, 1.165) is 11.0 Å². The van der Waals surface area contributed by atoms with Gasteiger partial charge in [0.2, 0.25) is 0 Å². The van der Waals surface area contributed by atoms with Gasteiger partial charge < -0.3 is 10.1 Å². The first-order chi connectivity index (χ1) is 15.3. The molecule has 3 heterocycles. The predicted octanol–water partition coefficient (Wildman–Crippen LogP) is 4.86. The highest BCUT2D eigenvalue weighted by Gasteiger charge is 2.14. The van der Waals surface area contributed by atoms with Crippen molar-refractivity contribution in [3.63, 3.8) is 0 Å². The summed E-state index contributed by atoms with van der Waals surface area (Å²) < 4.78 is 7.73. The van der Waals surface area contributed by atoms with Gasteiger partial charge in [-0.15, -0.1) is 0 Å². The van der Waals surface area contributed by atoms with Gasteiger partial charge >= 0.3 is 0 Å². The topological polar surface area (TPSA) is 81.9 Å². The van der Waals surface area contributed by atoms with Crippen LogP contribution in [0.2, 0.25) is 0 Å². The van der Waals surface area contributed by atoms with E-state index in [9.17, 15) is 4.79 Å². The van der Waals surface area contributed by atoms with E-state index in [-0.39, 0.29) is 5.91 Å². The monoisotopic (exact) mass is 407 g/mol. The van der Waals surface area contributed by atoms with Crippen LogP contribution < -0.4 is 10.1 Å². The van der Waals surface area contributed by atoms with Gasteiger partial charge in [-0.25, -0.2) is 9.97 Å². The average Bonchev–Trinajstić information content (AvgIpc) is 3.25. The summed E-state index contributed by atoms with van der Waals surface area (Å²) in [6.45, 7) is 0. The highest BCUT2D eigenvalue weighted by Crippen LogP contribution is 2.25. The first kappa shape index (κ1) is 18.5. The SMILES string of the molecule is O=C(Nc1ccc(-n2cnc3ccccc32)nc1)c1ccccc1Oc1cccnc1. The van der Waals surface area contributed by atoms with Crippen molar-refractivity contribution in [2.24, 2.45) is 0 Å². The number of rotatable bonds is 5. The van der Waals surface area contributed by atoms with Gasteiger partial charge in [0.25, 0.3) is 5.91 Å². The standard InChI is InChI=1S/C24H17N5O2/c30-24(19-7-1-4-10-22(19)31-18-6-5-13-25-15-18)28-17-11-12-23(26-14-17)29-16-27-20-8-2-3-9-21(20)29/h1-16H,(H,28,30). The van der Waals surface area contributed by atoms with Crippen LogP contribution in [-0.4, -0.2) is 25.4 Å². The zero-order valence-corrected chi connectivity index (χ0v) is 16.3. The van der Waals surface area contributed by atoms with Crippen LogP contribution in [0.3, 0.4) is 0 Å². The van der Waals surface area contributed by atoms with Crippen LogP contribution >= 0.6 is 0 Å². The zero-order chi connectivity index (χ0) is 21.0. The molecule has 3 aromatic heterocycles. The lowest BCUT2D eigenvalue weighted by atomic mass is 10.2. The Kier molecular flexibility index (Phi) is 4.82. The third kappa shape index (κ3) is 3.84. The summed E-state index contributed by atoms with van der Waals surface area (Å²) >= 11 is 0. The molecular formula is C24H17N5O2. The number of anilines is 1. The number of para-hydroxylation sites is 3. The van der Waals surface area contributed by atoms with Gasteiger partial charge in [-0.3, -0.25) is 14.3 Å². The van der Waals surface area contributed by atoms with E-state index in [0.29, 0.717) is 28.6 Å². The summed E-state index contributed by atoms with van der Waals surface area (Å²) in [7, 11) is 0. The Morgan fingerprint density at radius 2 is 1.74 bits per heavy atom. The lowest BCUT2D eigenvalue weighted by Gasteiger charge is -2.11. The maximum Gasteiger partial charge on any atom is 0.259 e. The van der Waals surface area contributed by atoms with Crippen LogP contribution in [0.25, 0.3) is 16.9 Å². The number of carbonyl (C=O) groups is 1. The molecular weight excluding hydrogens is 390 g/mol. The third-order valence-corrected chi connectivity index (χ3v) is 4.70. The smallest absolute Gasteiger partial charge is 0.259 e. The van der Waals surface area contributed by atoms with Gasteiger partial charge in [-0.2, -0.15) is 0 Å². The molecule has 0 saturated carbocycles. The highest BCUT2D eigenvalue weighted by atomic mass is 16.5. The molecule has 150 valence electrons. The summed E-state index contributed by atoms with van der Waals surface area (Å²) in [4.78, 5) is 25.8. The van der Waals surface area contributed by atoms with E-state index in [1.165, 1.54) is 0 Å². The number of aromatic nitrogens is 4. The van der Waals surface area contributed by atoms with Crippen molar-refractivity contribution in [2.75, 3.05) is 5.32 Å². The molecule has 1 N–H and O–H groups in total. The quantitative estimate of drug-likeness (QED) is 0.450. The zero-order valence-electron chi connectivity index (χ0n) is 16.3. The number of nitrogens with zero attached hydrogens (tertiary/aromatic N) is 4. The summed E-state index contributed by atoms with van der Waals surface area (Å²) in [5.41, 5.74) is 2.85. The summed E-state index contributed by atoms with van der Waals surface area (Å²) in [6.07, 6.45) is 6.61. The highest BCUT2D eigenvalue weighted by molar-refractivity contribution is 6.06. The molecule has 31 heavy (non-hydrogen) atoms. The minimum absolute atomic E-state index is 0.290. The molecule has 1 amide bonds. The maximum atomic E-state index is 12.9. The minimum Gasteiger partial charge on any atom is -0.455 e. The second-order valence-corrected chi connectivity index (χ2v) is 6.75. The number of fused-ring (bicyclic) bond motifs is 1. The average molecular weight is 407 g/mol. The van der Waals surface area contributed by atoms with Crippen molar-refractivity contribution in [3.8, 4) is 17.3 Å². The van der Waals surface area contributed by atoms with Crippen LogP contribution in [-0.2, 0) is 0 Å². The fourth-order valence-corrected chi connectivity index (χ4v) is 3.22. The second kappa shape index (κ2) is 8.08. The number of benzene rings is 2. The lowest BCUT2D eigenvalue weighted by Crippen LogP contribution is -2.13. The lowest BCUT2D eigenvalue weighted by molar-refractivity contribution is 0.102. The van der Waals surface area contributed by atoms with Gasteiger partial charge in [0.05, 0.1) is 34.7 Å². The predicted molar refractivity (Wildman–Crippen MR) is 118 cm³/mol. The summed E-state index contributed by atoms with van der Waals surface area (Å²) in [6, 6.07) is 22.1. The Balaban J connectivity index is 1.36. The van der Waals surface area contributed by atoms with Crippen LogP contribution in [0, 0.1) is 0 Å². The second-order valence-electron chi connectivity index (χ2n) is 6.75. The van der Waals surface area contributed by atoms with E-state index < -0.39 is 0 Å². The van der Waals surface area contributed by atoms with Gasteiger partial charge in [0, 0.05) is 6.20 Å². The molecule has 0 saturated heterocycles.